The molecule has 60 heavy (non-hydrogen) atoms. The highest BCUT2D eigenvalue weighted by atomic mass is 16.7. The summed E-state index contributed by atoms with van der Waals surface area (Å²) < 4.78 is 53.6. The second-order valence-corrected chi connectivity index (χ2v) is 16.7. The van der Waals surface area contributed by atoms with E-state index in [9.17, 15) is 4.79 Å². The first-order valence-electron chi connectivity index (χ1n) is 20.8. The summed E-state index contributed by atoms with van der Waals surface area (Å²) in [5, 5.41) is 0. The molecule has 5 aromatic rings. The van der Waals surface area contributed by atoms with Crippen LogP contribution in [-0.4, -0.2) is 61.4 Å². The van der Waals surface area contributed by atoms with E-state index < -0.39 is 60.9 Å². The Morgan fingerprint density at radius 3 is 1.53 bits per heavy atom. The summed E-state index contributed by atoms with van der Waals surface area (Å²) in [5.41, 5.74) is 5.49. The van der Waals surface area contributed by atoms with Gasteiger partial charge in [0.2, 0.25) is 0 Å². The first-order valence-corrected chi connectivity index (χ1v) is 20.8. The third-order valence-electron chi connectivity index (χ3n) is 11.6. The molecule has 0 amide bonds. The zero-order chi connectivity index (χ0) is 42.1. The Morgan fingerprint density at radius 2 is 1.07 bits per heavy atom. The van der Waals surface area contributed by atoms with Gasteiger partial charge in [-0.15, -0.1) is 0 Å². The fraction of sp³-hybridized carbons (Fsp3) is 0.380. The minimum atomic E-state index is -0.898. The van der Waals surface area contributed by atoms with Crippen LogP contribution in [0.3, 0.4) is 0 Å². The van der Waals surface area contributed by atoms with E-state index in [0.717, 1.165) is 38.8 Å². The van der Waals surface area contributed by atoms with Crippen LogP contribution in [0.5, 0.6) is 0 Å². The molecule has 0 aliphatic carbocycles. The van der Waals surface area contributed by atoms with Gasteiger partial charge in [-0.25, -0.2) is 0 Å². The molecule has 0 saturated carbocycles. The van der Waals surface area contributed by atoms with E-state index in [1.165, 1.54) is 6.92 Å². The topological polar surface area (TPSA) is 90.9 Å². The monoisotopic (exact) mass is 812 g/mol. The summed E-state index contributed by atoms with van der Waals surface area (Å²) in [6, 6.07) is 46.0. The fourth-order valence-corrected chi connectivity index (χ4v) is 7.70. The van der Waals surface area contributed by atoms with Crippen molar-refractivity contribution in [1.82, 2.24) is 0 Å². The van der Waals surface area contributed by atoms with Gasteiger partial charge in [0.15, 0.2) is 6.10 Å². The standard InChI is InChI=1S/C50H57BO9/c1-35-29-41(51-59-49(3,4)50(5,6)60-51)27-28-42(35)44(57-36(2)52)48-47(56-33-40-25-17-10-18-26-40)46(55-32-39-23-15-9-16-24-39)45(54-31-38-21-13-8-14-22-38)43(58-48)34-53-30-37-19-11-7-12-20-37/h7-29,43-48H,30-34H2,1-6H3/t43?,44-,45?,46?,47?,48?/m1/s1. The van der Waals surface area contributed by atoms with E-state index >= 15 is 0 Å². The number of benzene rings is 5. The number of carbonyl (C=O) groups excluding carboxylic acids is 1. The average Bonchev–Trinajstić information content (AvgIpc) is 3.47. The molecule has 2 fully saturated rings. The summed E-state index contributed by atoms with van der Waals surface area (Å²) in [7, 11) is -0.563. The highest BCUT2D eigenvalue weighted by Gasteiger charge is 2.54. The molecule has 2 heterocycles. The van der Waals surface area contributed by atoms with E-state index in [4.69, 9.17) is 37.7 Å². The second kappa shape index (κ2) is 19.8. The predicted molar refractivity (Wildman–Crippen MR) is 231 cm³/mol. The van der Waals surface area contributed by atoms with E-state index in [1.807, 2.05) is 174 Å². The maximum Gasteiger partial charge on any atom is 0.494 e. The van der Waals surface area contributed by atoms with Crippen LogP contribution in [-0.2, 0) is 69.0 Å². The Morgan fingerprint density at radius 1 is 0.617 bits per heavy atom. The van der Waals surface area contributed by atoms with Crippen LogP contribution in [0.25, 0.3) is 0 Å². The van der Waals surface area contributed by atoms with E-state index in [0.29, 0.717) is 13.2 Å². The number of hydrogen-bond donors (Lipinski definition) is 0. The van der Waals surface area contributed by atoms with Crippen LogP contribution in [0.1, 0.15) is 74.1 Å². The molecule has 314 valence electrons. The lowest BCUT2D eigenvalue weighted by Gasteiger charge is -2.48. The van der Waals surface area contributed by atoms with Gasteiger partial charge in [-0.05, 0) is 73.5 Å². The minimum absolute atomic E-state index is 0.175. The average molecular weight is 813 g/mol. The van der Waals surface area contributed by atoms with Crippen LogP contribution in [0.2, 0.25) is 0 Å². The van der Waals surface area contributed by atoms with Crippen LogP contribution >= 0.6 is 0 Å². The molecule has 5 aromatic carbocycles. The van der Waals surface area contributed by atoms with E-state index in [1.54, 1.807) is 0 Å². The van der Waals surface area contributed by atoms with Crippen molar-refractivity contribution in [3.8, 4) is 0 Å². The van der Waals surface area contributed by atoms with Gasteiger partial charge in [-0.1, -0.05) is 140 Å². The summed E-state index contributed by atoms with van der Waals surface area (Å²) in [6.45, 7) is 12.9. The number of esters is 1. The lowest BCUT2D eigenvalue weighted by Crippen LogP contribution is -2.62. The molecule has 7 rings (SSSR count). The maximum absolute atomic E-state index is 13.2. The lowest BCUT2D eigenvalue weighted by atomic mass is 9.77. The molecule has 5 unspecified atom stereocenters. The van der Waals surface area contributed by atoms with Crippen molar-refractivity contribution >= 4 is 18.6 Å². The molecule has 9 nitrogen and oxygen atoms in total. The van der Waals surface area contributed by atoms with Gasteiger partial charge in [0.25, 0.3) is 0 Å². The Hall–Kier alpha value is -4.65. The maximum atomic E-state index is 13.2. The Balaban J connectivity index is 1.29. The molecule has 0 spiro atoms. The summed E-state index contributed by atoms with van der Waals surface area (Å²) in [5.74, 6) is -0.457. The van der Waals surface area contributed by atoms with Gasteiger partial charge in [-0.3, -0.25) is 4.79 Å². The molecule has 0 radical (unpaired) electrons. The Labute approximate surface area is 355 Å². The van der Waals surface area contributed by atoms with Gasteiger partial charge in [-0.2, -0.15) is 0 Å². The van der Waals surface area contributed by atoms with Gasteiger partial charge in [0.1, 0.15) is 30.5 Å². The quantitative estimate of drug-likeness (QED) is 0.0677. The lowest BCUT2D eigenvalue weighted by molar-refractivity contribution is -0.289. The van der Waals surface area contributed by atoms with Crippen molar-refractivity contribution in [2.45, 2.75) is 116 Å². The molecule has 6 atom stereocenters. The number of ether oxygens (including phenoxy) is 6. The van der Waals surface area contributed by atoms with Crippen molar-refractivity contribution in [1.29, 1.82) is 0 Å². The number of rotatable bonds is 17. The minimum Gasteiger partial charge on any atom is -0.455 e. The smallest absolute Gasteiger partial charge is 0.455 e. The molecule has 2 aliphatic rings. The Bertz CT molecular complexity index is 2080. The third-order valence-corrected chi connectivity index (χ3v) is 11.6. The van der Waals surface area contributed by atoms with Crippen molar-refractivity contribution in [2.24, 2.45) is 0 Å². The fourth-order valence-electron chi connectivity index (χ4n) is 7.70. The molecular formula is C50H57BO9. The molecule has 2 saturated heterocycles. The highest BCUT2D eigenvalue weighted by Crippen LogP contribution is 2.40. The van der Waals surface area contributed by atoms with Crippen molar-refractivity contribution in [2.75, 3.05) is 6.61 Å². The van der Waals surface area contributed by atoms with E-state index in [-0.39, 0.29) is 19.8 Å². The van der Waals surface area contributed by atoms with Crippen LogP contribution in [0.4, 0.5) is 0 Å². The van der Waals surface area contributed by atoms with Crippen LogP contribution < -0.4 is 5.46 Å². The summed E-state index contributed by atoms with van der Waals surface area (Å²) in [6.07, 6.45) is -4.50. The number of carbonyl (C=O) groups is 1. The van der Waals surface area contributed by atoms with Crippen molar-refractivity contribution < 1.29 is 42.5 Å². The Kier molecular flexibility index (Phi) is 14.4. The molecule has 10 heteroatoms. The van der Waals surface area contributed by atoms with Gasteiger partial charge in [0.05, 0.1) is 44.2 Å². The van der Waals surface area contributed by atoms with Crippen LogP contribution in [0, 0.1) is 6.92 Å². The van der Waals surface area contributed by atoms with Crippen molar-refractivity contribution in [3.05, 3.63) is 173 Å². The summed E-state index contributed by atoms with van der Waals surface area (Å²) >= 11 is 0. The molecule has 2 aliphatic heterocycles. The van der Waals surface area contributed by atoms with Crippen molar-refractivity contribution in [3.63, 3.8) is 0 Å². The first kappa shape index (κ1) is 43.4. The normalized spacial score (nSPS) is 22.6. The zero-order valence-electron chi connectivity index (χ0n) is 35.5. The molecule has 0 N–H and O–H groups in total. The van der Waals surface area contributed by atoms with E-state index in [2.05, 4.69) is 0 Å². The molecule has 0 aromatic heterocycles. The predicted octanol–water partition coefficient (Wildman–Crippen LogP) is 8.64. The SMILES string of the molecule is CC(=O)O[C@H](c1ccc(B2OC(C)(C)C(C)(C)O2)cc1C)C1OC(COCc2ccccc2)C(OCc2ccccc2)C(OCc2ccccc2)C1OCc1ccccc1. The highest BCUT2D eigenvalue weighted by molar-refractivity contribution is 6.62. The largest absolute Gasteiger partial charge is 0.494 e. The number of hydrogen-bond acceptors (Lipinski definition) is 9. The summed E-state index contributed by atoms with van der Waals surface area (Å²) in [4.78, 5) is 13.2. The first-order chi connectivity index (χ1) is 29.0. The van der Waals surface area contributed by atoms with Crippen LogP contribution in [0.15, 0.2) is 140 Å². The zero-order valence-corrected chi connectivity index (χ0v) is 35.5. The molecular weight excluding hydrogens is 755 g/mol. The van der Waals surface area contributed by atoms with Gasteiger partial charge < -0.3 is 37.7 Å². The third kappa shape index (κ3) is 10.8. The second-order valence-electron chi connectivity index (χ2n) is 16.7. The molecule has 0 bridgehead atoms. The van der Waals surface area contributed by atoms with Gasteiger partial charge in [0, 0.05) is 6.92 Å². The number of aryl methyl sites for hydroxylation is 1. The van der Waals surface area contributed by atoms with Gasteiger partial charge >= 0.3 is 13.1 Å².